The highest BCUT2D eigenvalue weighted by Gasteiger charge is 2.53. The molecule has 0 radical (unpaired) electrons. The van der Waals surface area contributed by atoms with Crippen LogP contribution in [-0.2, 0) is 52.3 Å². The lowest BCUT2D eigenvalue weighted by atomic mass is 9.82. The Morgan fingerprint density at radius 3 is 2.03 bits per heavy atom. The van der Waals surface area contributed by atoms with Crippen molar-refractivity contribution in [3.63, 3.8) is 0 Å². The Balaban J connectivity index is 0.00000185. The van der Waals surface area contributed by atoms with Crippen LogP contribution in [0.1, 0.15) is 114 Å². The summed E-state index contributed by atoms with van der Waals surface area (Å²) in [5.41, 5.74) is -1.48. The first-order valence-electron chi connectivity index (χ1n) is 23.4. The number of likely N-dealkylation sites (N-methyl/N-ethyl adjacent to an activating group) is 1. The number of carbonyl (C=O) groups is 3. The van der Waals surface area contributed by atoms with Gasteiger partial charge in [-0.05, 0) is 86.1 Å². The highest BCUT2D eigenvalue weighted by molar-refractivity contribution is 5.72. The van der Waals surface area contributed by atoms with Gasteiger partial charge in [0.2, 0.25) is 0 Å². The number of rotatable bonds is 15. The fraction of sp³-hybridized carbons (Fsp3) is 0.851. The second kappa shape index (κ2) is 28.6. The molecule has 17 heteroatoms. The van der Waals surface area contributed by atoms with Crippen molar-refractivity contribution in [2.24, 2.45) is 11.8 Å². The highest BCUT2D eigenvalue weighted by atomic mass is 16.7. The molecule has 0 aromatic heterocycles. The molecular formula is C47H84N2O15. The van der Waals surface area contributed by atoms with Crippen LogP contribution < -0.4 is 0 Å². The van der Waals surface area contributed by atoms with E-state index in [4.69, 9.17) is 37.9 Å². The molecule has 64 heavy (non-hydrogen) atoms. The Hall–Kier alpha value is -2.55. The number of hydrogen-bond acceptors (Lipinski definition) is 17. The number of cyclic esters (lactones) is 1. The molecule has 3 heterocycles. The molecule has 2 saturated heterocycles. The third-order valence-electron chi connectivity index (χ3n) is 12.3. The molecule has 17 nitrogen and oxygen atoms in total. The molecule has 0 aliphatic carbocycles. The van der Waals surface area contributed by atoms with E-state index >= 15 is 0 Å². The highest BCUT2D eigenvalue weighted by Crippen LogP contribution is 2.38. The van der Waals surface area contributed by atoms with Crippen molar-refractivity contribution in [3.05, 3.63) is 24.3 Å². The van der Waals surface area contributed by atoms with Crippen molar-refractivity contribution in [2.45, 2.75) is 199 Å². The van der Waals surface area contributed by atoms with E-state index in [9.17, 15) is 34.8 Å². The van der Waals surface area contributed by atoms with Gasteiger partial charge in [0.1, 0.15) is 36.1 Å². The molecule has 0 aromatic rings. The predicted octanol–water partition coefficient (Wildman–Crippen LogP) is 3.91. The Labute approximate surface area is 382 Å². The largest absolute Gasteiger partial charge is 0.462 e. The van der Waals surface area contributed by atoms with Crippen molar-refractivity contribution in [1.82, 2.24) is 9.80 Å². The molecule has 0 saturated carbocycles. The quantitative estimate of drug-likeness (QED) is 0.136. The fourth-order valence-corrected chi connectivity index (χ4v) is 8.58. The van der Waals surface area contributed by atoms with Crippen LogP contribution in [0.3, 0.4) is 0 Å². The maximum Gasteiger partial charge on any atom is 0.309 e. The molecular weight excluding hydrogens is 833 g/mol. The lowest BCUT2D eigenvalue weighted by molar-refractivity contribution is -0.344. The van der Waals surface area contributed by atoms with Crippen molar-refractivity contribution in [3.8, 4) is 0 Å². The van der Waals surface area contributed by atoms with Crippen LogP contribution >= 0.6 is 0 Å². The molecule has 0 spiro atoms. The van der Waals surface area contributed by atoms with Crippen LogP contribution in [-0.4, -0.2) is 181 Å². The van der Waals surface area contributed by atoms with Gasteiger partial charge in [0, 0.05) is 39.4 Å². The van der Waals surface area contributed by atoms with Gasteiger partial charge in [-0.2, -0.15) is 0 Å². The molecule has 0 aromatic carbocycles. The third-order valence-corrected chi connectivity index (χ3v) is 12.3. The first-order valence-corrected chi connectivity index (χ1v) is 23.4. The number of aliphatic hydroxyl groups is 4. The second-order valence-corrected chi connectivity index (χ2v) is 17.7. The van der Waals surface area contributed by atoms with Gasteiger partial charge >= 0.3 is 17.9 Å². The summed E-state index contributed by atoms with van der Waals surface area (Å²) < 4.78 is 48.7. The molecule has 372 valence electrons. The lowest BCUT2D eigenvalue weighted by Crippen LogP contribution is -2.66. The van der Waals surface area contributed by atoms with Gasteiger partial charge in [0.05, 0.1) is 36.9 Å². The average Bonchev–Trinajstić information content (AvgIpc) is 3.23. The minimum absolute atomic E-state index is 0.0155. The molecule has 3 aliphatic rings. The Morgan fingerprint density at radius 1 is 0.875 bits per heavy atom. The van der Waals surface area contributed by atoms with Crippen LogP contribution in [0.5, 0.6) is 0 Å². The van der Waals surface area contributed by atoms with E-state index < -0.39 is 109 Å². The van der Waals surface area contributed by atoms with E-state index in [1.54, 1.807) is 78.8 Å². The fourth-order valence-electron chi connectivity index (χ4n) is 8.58. The second-order valence-electron chi connectivity index (χ2n) is 17.7. The van der Waals surface area contributed by atoms with Gasteiger partial charge in [-0.3, -0.25) is 14.4 Å². The molecule has 0 bridgehead atoms. The standard InChI is InChI=1S/C41H69NO15.C6H15N/c1-11-30(45)54-29-21-32(47)51-24(4)16-14-13-15-17-28(44)23(3)20-27(18-19-43)37(38(29)50-10)57-40-35(48)34(42(8)9)36(25(5)53-40)56-33-22-41(7,49)39(26(6)52-33)55-31(46)12-2;1-4-7(5-2)6-3/h13-15,17,23-29,33-40,43-44,48-49H,11-12,16,18-22H2,1-10H3;4-6H2,1-3H3/t23-,24-,25?,26?,27+,28?,29-,33?,34?,35?,36?,37+,38+,39?,40?,41?;/m1./s1. The molecule has 3 aliphatic heterocycles. The maximum absolute atomic E-state index is 13.3. The smallest absolute Gasteiger partial charge is 0.309 e. The van der Waals surface area contributed by atoms with Crippen molar-refractivity contribution < 1.29 is 72.7 Å². The first kappa shape index (κ1) is 57.6. The zero-order valence-corrected chi connectivity index (χ0v) is 40.9. The minimum Gasteiger partial charge on any atom is -0.462 e. The van der Waals surface area contributed by atoms with Crippen LogP contribution in [0.25, 0.3) is 0 Å². The average molecular weight is 917 g/mol. The van der Waals surface area contributed by atoms with Crippen LogP contribution in [0.15, 0.2) is 24.3 Å². The normalized spacial score (nSPS) is 36.8. The summed E-state index contributed by atoms with van der Waals surface area (Å²) >= 11 is 0. The van der Waals surface area contributed by atoms with E-state index in [2.05, 4.69) is 25.7 Å². The summed E-state index contributed by atoms with van der Waals surface area (Å²) in [6, 6.07) is -0.758. The summed E-state index contributed by atoms with van der Waals surface area (Å²) in [6.45, 7) is 21.7. The van der Waals surface area contributed by atoms with Gasteiger partial charge in [0.25, 0.3) is 0 Å². The molecule has 0 amide bonds. The molecule has 10 unspecified atom stereocenters. The van der Waals surface area contributed by atoms with E-state index in [-0.39, 0.29) is 44.6 Å². The Morgan fingerprint density at radius 2 is 1.50 bits per heavy atom. The number of carbonyl (C=O) groups excluding carboxylic acids is 3. The number of esters is 3. The van der Waals surface area contributed by atoms with E-state index in [1.807, 2.05) is 13.0 Å². The summed E-state index contributed by atoms with van der Waals surface area (Å²) in [7, 11) is 4.91. The van der Waals surface area contributed by atoms with Crippen molar-refractivity contribution in [1.29, 1.82) is 0 Å². The zero-order chi connectivity index (χ0) is 48.3. The topological polar surface area (TPSA) is 212 Å². The predicted molar refractivity (Wildman–Crippen MR) is 240 cm³/mol. The summed E-state index contributed by atoms with van der Waals surface area (Å²) in [4.78, 5) is 42.4. The SMILES string of the molecule is CCC(=O)OC1C(C)OC(OC2C(C)OC(O[C@H]3[C@@H](CCO)C[C@@H](C)C(O)C=CC=CC[C@@H](C)OC(=O)C[C@@H](OC(=O)CC)[C@@H]3OC)C(O)C2N(C)C)CC1(C)O.CCN(CC)CC. The first-order chi connectivity index (χ1) is 30.2. The van der Waals surface area contributed by atoms with Crippen molar-refractivity contribution in [2.75, 3.05) is 47.4 Å². The van der Waals surface area contributed by atoms with Crippen LogP contribution in [0.4, 0.5) is 0 Å². The number of ether oxygens (including phenoxy) is 8. The number of hydrogen-bond donors (Lipinski definition) is 4. The monoisotopic (exact) mass is 917 g/mol. The van der Waals surface area contributed by atoms with Gasteiger partial charge in [-0.15, -0.1) is 0 Å². The van der Waals surface area contributed by atoms with Gasteiger partial charge < -0.3 is 68.1 Å². The lowest BCUT2D eigenvalue weighted by Gasteiger charge is -2.50. The van der Waals surface area contributed by atoms with Gasteiger partial charge in [0.15, 0.2) is 18.7 Å². The van der Waals surface area contributed by atoms with Crippen molar-refractivity contribution >= 4 is 17.9 Å². The number of aliphatic hydroxyl groups excluding tert-OH is 3. The van der Waals surface area contributed by atoms with Gasteiger partial charge in [-0.25, -0.2) is 0 Å². The summed E-state index contributed by atoms with van der Waals surface area (Å²) in [6.07, 6.45) is -4.02. The molecule has 16 atom stereocenters. The summed E-state index contributed by atoms with van der Waals surface area (Å²) in [5, 5.41) is 44.9. The van der Waals surface area contributed by atoms with Crippen LogP contribution in [0, 0.1) is 11.8 Å². The molecule has 2 fully saturated rings. The van der Waals surface area contributed by atoms with E-state index in [1.165, 1.54) is 26.7 Å². The zero-order valence-electron chi connectivity index (χ0n) is 40.9. The third kappa shape index (κ3) is 17.6. The Bertz CT molecular complexity index is 1420. The Kier molecular flexibility index (Phi) is 25.7. The van der Waals surface area contributed by atoms with Gasteiger partial charge in [-0.1, -0.05) is 65.8 Å². The molecule has 3 rings (SSSR count). The molecule has 4 N–H and O–H groups in total. The maximum atomic E-state index is 13.3. The van der Waals surface area contributed by atoms with E-state index in [0.717, 1.165) is 0 Å². The number of methoxy groups -OCH3 is 1. The number of allylic oxidation sites excluding steroid dienone is 2. The minimum atomic E-state index is -1.48. The van der Waals surface area contributed by atoms with E-state index in [0.29, 0.717) is 12.8 Å². The summed E-state index contributed by atoms with van der Waals surface area (Å²) in [5.74, 6) is -2.61. The number of nitrogens with zero attached hydrogens (tertiary/aromatic N) is 2. The van der Waals surface area contributed by atoms with Crippen LogP contribution in [0.2, 0.25) is 0 Å².